The van der Waals surface area contributed by atoms with Crippen molar-refractivity contribution in [1.29, 1.82) is 0 Å². The first-order valence-corrected chi connectivity index (χ1v) is 13.2. The van der Waals surface area contributed by atoms with Gasteiger partial charge in [0.15, 0.2) is 0 Å². The third-order valence-electron chi connectivity index (χ3n) is 4.80. The van der Waals surface area contributed by atoms with E-state index in [1.165, 1.54) is 22.7 Å². The van der Waals surface area contributed by atoms with Crippen molar-refractivity contribution >= 4 is 46.2 Å². The molecule has 17 heteroatoms. The highest BCUT2D eigenvalue weighted by Gasteiger charge is 2.10. The van der Waals surface area contributed by atoms with Gasteiger partial charge in [-0.2, -0.15) is 0 Å². The zero-order chi connectivity index (χ0) is 28.9. The van der Waals surface area contributed by atoms with Gasteiger partial charge >= 0.3 is 6.03 Å². The zero-order valence-electron chi connectivity index (χ0n) is 20.8. The molecule has 5 aromatic heterocycles. The molecule has 15 nitrogen and oxygen atoms in total. The van der Waals surface area contributed by atoms with E-state index in [4.69, 9.17) is 11.1 Å². The van der Waals surface area contributed by atoms with Crippen LogP contribution in [0.2, 0.25) is 0 Å². The minimum atomic E-state index is -0.668. The van der Waals surface area contributed by atoms with E-state index in [1.807, 2.05) is 12.1 Å². The van der Waals surface area contributed by atoms with Crippen molar-refractivity contribution in [3.63, 3.8) is 0 Å². The Labute approximate surface area is 239 Å². The van der Waals surface area contributed by atoms with Gasteiger partial charge in [0.25, 0.3) is 5.91 Å². The molecule has 0 aliphatic heterocycles. The quantitative estimate of drug-likeness (QED) is 0.119. The predicted octanol–water partition coefficient (Wildman–Crippen LogP) is 6.71. The second-order valence-electron chi connectivity index (χ2n) is 7.52. The second-order valence-corrected chi connectivity index (χ2v) is 9.24. The van der Waals surface area contributed by atoms with Gasteiger partial charge in [-0.1, -0.05) is 11.2 Å². The van der Waals surface area contributed by atoms with Crippen molar-refractivity contribution in [2.75, 3.05) is 10.6 Å². The van der Waals surface area contributed by atoms with E-state index >= 15 is 0 Å². The Balaban J connectivity index is 0.000000208. The fourth-order valence-electron chi connectivity index (χ4n) is 3.05. The van der Waals surface area contributed by atoms with Crippen LogP contribution in [-0.2, 0) is 6.54 Å². The zero-order valence-corrected chi connectivity index (χ0v) is 22.4. The normalized spacial score (nSPS) is 9.76. The maximum Gasteiger partial charge on any atom is 0.326 e. The van der Waals surface area contributed by atoms with Crippen molar-refractivity contribution < 1.29 is 9.59 Å². The number of aromatic nitrogens is 5. The predicted molar refractivity (Wildman–Crippen MR) is 154 cm³/mol. The van der Waals surface area contributed by atoms with Crippen LogP contribution >= 0.6 is 22.7 Å². The molecule has 0 saturated carbocycles. The number of hydrogen-bond acceptors (Lipinski definition) is 10. The molecule has 0 aliphatic rings. The highest BCUT2D eigenvalue weighted by Crippen LogP contribution is 2.25. The first kappa shape index (κ1) is 28.3. The molecule has 0 aromatic carbocycles. The summed E-state index contributed by atoms with van der Waals surface area (Å²) >= 11 is 2.73. The Bertz CT molecular complexity index is 1730. The average Bonchev–Trinajstić information content (AvgIpc) is 3.68. The van der Waals surface area contributed by atoms with Crippen LogP contribution in [-0.4, -0.2) is 36.9 Å². The van der Waals surface area contributed by atoms with Crippen LogP contribution in [0.4, 0.5) is 16.4 Å². The topological polar surface area (TPSA) is 220 Å². The van der Waals surface area contributed by atoms with E-state index in [2.05, 4.69) is 55.6 Å². The Morgan fingerprint density at radius 1 is 0.780 bits per heavy atom. The van der Waals surface area contributed by atoms with Crippen molar-refractivity contribution in [2.45, 2.75) is 6.54 Å². The summed E-state index contributed by atoms with van der Waals surface area (Å²) in [5.41, 5.74) is 19.0. The number of rotatable bonds is 7. The third kappa shape index (κ3) is 8.38. The lowest BCUT2D eigenvalue weighted by Gasteiger charge is -2.05. The molecular formula is C24H17N13O2S2. The van der Waals surface area contributed by atoms with Crippen LogP contribution in [0.25, 0.3) is 42.0 Å². The fourth-order valence-corrected chi connectivity index (χ4v) is 4.61. The summed E-state index contributed by atoms with van der Waals surface area (Å²) in [7, 11) is 0. The number of pyridine rings is 3. The summed E-state index contributed by atoms with van der Waals surface area (Å²) in [5.74, 6) is 0.131. The molecule has 3 amide bonds. The molecule has 0 fully saturated rings. The standard InChI is InChI=1S/C15H12N8OS.C9H5N5OS/c16-23-18-8-11-2-1-3-12(19-11)21-15(24)22-13-9-25-14(20-13)10-4-6-17-7-5-10;10-14-13-8(15)7-5-16-9(12-7)6-1-3-11-4-2-6/h1-7,9H,8H2,(H2,19,21,22,24);1-5H. The number of carbonyl (C=O) groups excluding carboxylic acids is 2. The molecule has 2 N–H and O–H groups in total. The number of thiazole rings is 2. The number of nitrogens with one attached hydrogen (secondary N) is 2. The number of urea groups is 1. The number of anilines is 2. The van der Waals surface area contributed by atoms with Gasteiger partial charge in [-0.3, -0.25) is 25.4 Å². The molecule has 0 atom stereocenters. The minimum Gasteiger partial charge on any atom is -0.292 e. The molecule has 5 heterocycles. The second kappa shape index (κ2) is 14.4. The van der Waals surface area contributed by atoms with Crippen molar-refractivity contribution in [3.8, 4) is 21.1 Å². The summed E-state index contributed by atoms with van der Waals surface area (Å²) in [4.78, 5) is 48.8. The minimum absolute atomic E-state index is 0.120. The number of amides is 3. The molecule has 0 aliphatic carbocycles. The highest BCUT2D eigenvalue weighted by atomic mass is 32.1. The first-order valence-electron chi connectivity index (χ1n) is 11.4. The van der Waals surface area contributed by atoms with Gasteiger partial charge in [0.2, 0.25) is 0 Å². The van der Waals surface area contributed by atoms with Gasteiger partial charge < -0.3 is 0 Å². The number of hydrogen-bond donors (Lipinski definition) is 2. The van der Waals surface area contributed by atoms with E-state index in [-0.39, 0.29) is 12.2 Å². The van der Waals surface area contributed by atoms with Crippen LogP contribution in [0.1, 0.15) is 16.2 Å². The van der Waals surface area contributed by atoms with Gasteiger partial charge in [-0.15, -0.1) is 22.7 Å². The van der Waals surface area contributed by atoms with Gasteiger partial charge in [0.1, 0.15) is 27.3 Å². The maximum atomic E-state index is 12.1. The Kier molecular flexibility index (Phi) is 9.95. The van der Waals surface area contributed by atoms with Crippen LogP contribution in [0, 0.1) is 0 Å². The van der Waals surface area contributed by atoms with E-state index in [1.54, 1.807) is 65.9 Å². The molecule has 0 unspecified atom stereocenters. The monoisotopic (exact) mass is 583 g/mol. The summed E-state index contributed by atoms with van der Waals surface area (Å²) in [6.45, 7) is 0.120. The van der Waals surface area contributed by atoms with Gasteiger partial charge in [-0.05, 0) is 52.6 Å². The van der Waals surface area contributed by atoms with Crippen molar-refractivity contribution in [1.82, 2.24) is 24.9 Å². The number of azide groups is 2. The molecule has 5 aromatic rings. The third-order valence-corrected chi connectivity index (χ3v) is 6.59. The molecule has 41 heavy (non-hydrogen) atoms. The Morgan fingerprint density at radius 3 is 2.07 bits per heavy atom. The van der Waals surface area contributed by atoms with E-state index in [9.17, 15) is 9.59 Å². The lowest BCUT2D eigenvalue weighted by atomic mass is 10.3. The smallest absolute Gasteiger partial charge is 0.292 e. The number of nitrogens with zero attached hydrogens (tertiary/aromatic N) is 11. The average molecular weight is 584 g/mol. The van der Waals surface area contributed by atoms with Crippen LogP contribution in [0.3, 0.4) is 0 Å². The summed E-state index contributed by atoms with van der Waals surface area (Å²) in [6, 6.07) is 11.9. The van der Waals surface area contributed by atoms with E-state index < -0.39 is 11.9 Å². The van der Waals surface area contributed by atoms with E-state index in [0.717, 1.165) is 16.1 Å². The fraction of sp³-hybridized carbons (Fsp3) is 0.0417. The van der Waals surface area contributed by atoms with Gasteiger partial charge in [0.05, 0.1) is 6.54 Å². The van der Waals surface area contributed by atoms with Crippen LogP contribution < -0.4 is 10.6 Å². The van der Waals surface area contributed by atoms with Gasteiger partial charge in [0, 0.05) is 62.2 Å². The van der Waals surface area contributed by atoms with Crippen LogP contribution in [0.5, 0.6) is 0 Å². The van der Waals surface area contributed by atoms with Crippen molar-refractivity contribution in [2.24, 2.45) is 10.2 Å². The lowest BCUT2D eigenvalue weighted by molar-refractivity contribution is 0.0996. The first-order chi connectivity index (χ1) is 20.1. The van der Waals surface area contributed by atoms with Crippen molar-refractivity contribution in [3.05, 3.63) is 110 Å². The Morgan fingerprint density at radius 2 is 1.41 bits per heavy atom. The molecule has 0 saturated heterocycles. The molecule has 0 radical (unpaired) electrons. The molecule has 0 bridgehead atoms. The highest BCUT2D eigenvalue weighted by molar-refractivity contribution is 7.13. The van der Waals surface area contributed by atoms with Crippen LogP contribution in [0.15, 0.2) is 88.2 Å². The summed E-state index contributed by atoms with van der Waals surface area (Å²) in [5, 5.41) is 16.5. The maximum absolute atomic E-state index is 12.1. The molecular weight excluding hydrogens is 566 g/mol. The lowest BCUT2D eigenvalue weighted by Crippen LogP contribution is -2.20. The molecule has 5 rings (SSSR count). The van der Waals surface area contributed by atoms with E-state index in [0.29, 0.717) is 22.3 Å². The Hall–Kier alpha value is -5.73. The summed E-state index contributed by atoms with van der Waals surface area (Å²) in [6.07, 6.45) is 6.66. The molecule has 0 spiro atoms. The largest absolute Gasteiger partial charge is 0.326 e. The SMILES string of the molecule is [N-]=[N+]=NC(=O)c1csc(-c2ccncc2)n1.[N-]=[N+]=NCc1cccc(NC(=O)Nc2csc(-c3ccncc3)n2)n1. The molecule has 202 valence electrons. The summed E-state index contributed by atoms with van der Waals surface area (Å²) < 4.78 is 0. The van der Waals surface area contributed by atoms with Gasteiger partial charge in [-0.25, -0.2) is 19.7 Å². The number of carbonyl (C=O) groups is 2.